The molecule has 0 aromatic heterocycles. The first-order valence-electron chi connectivity index (χ1n) is 6.44. The van der Waals surface area contributed by atoms with Crippen molar-refractivity contribution in [3.63, 3.8) is 0 Å². The van der Waals surface area contributed by atoms with Crippen LogP contribution in [0, 0.1) is 5.92 Å². The highest BCUT2D eigenvalue weighted by molar-refractivity contribution is 9.10. The highest BCUT2D eigenvalue weighted by Crippen LogP contribution is 2.22. The van der Waals surface area contributed by atoms with E-state index in [0.29, 0.717) is 18.4 Å². The van der Waals surface area contributed by atoms with Crippen molar-refractivity contribution in [3.8, 4) is 0 Å². The largest absolute Gasteiger partial charge is 0.313 e. The van der Waals surface area contributed by atoms with Crippen LogP contribution in [0.15, 0.2) is 28.7 Å². The summed E-state index contributed by atoms with van der Waals surface area (Å²) >= 11 is 3.42. The molecule has 0 radical (unpaired) electrons. The van der Waals surface area contributed by atoms with E-state index in [1.165, 1.54) is 0 Å². The summed E-state index contributed by atoms with van der Waals surface area (Å²) in [6.45, 7) is 8.82. The lowest BCUT2D eigenvalue weighted by molar-refractivity contribution is -0.123. The Morgan fingerprint density at radius 2 is 1.72 bits per heavy atom. The van der Waals surface area contributed by atoms with Gasteiger partial charge in [0.2, 0.25) is 0 Å². The van der Waals surface area contributed by atoms with Gasteiger partial charge in [-0.15, -0.1) is 0 Å². The molecule has 1 aromatic rings. The molecule has 0 unspecified atom stereocenters. The topological polar surface area (TPSA) is 29.1 Å². The predicted molar refractivity (Wildman–Crippen MR) is 79.9 cm³/mol. The number of ketones is 1. The normalized spacial score (nSPS) is 13.1. The zero-order valence-corrected chi connectivity index (χ0v) is 13.1. The van der Waals surface area contributed by atoms with Crippen molar-refractivity contribution >= 4 is 21.7 Å². The molecule has 0 saturated heterocycles. The molecule has 0 amide bonds. The standard InChI is InChI=1S/C15H22BrNO/c1-10(2)15(18)14(9-17-11(3)4)12-5-7-13(16)8-6-12/h5-8,10-11,14,17H,9H2,1-4H3/t14-/m0/s1. The van der Waals surface area contributed by atoms with E-state index in [1.807, 2.05) is 38.1 Å². The molecule has 100 valence electrons. The second kappa shape index (κ2) is 7.05. The maximum absolute atomic E-state index is 12.3. The van der Waals surface area contributed by atoms with E-state index in [2.05, 4.69) is 35.1 Å². The smallest absolute Gasteiger partial charge is 0.144 e. The third-order valence-corrected chi connectivity index (χ3v) is 3.44. The van der Waals surface area contributed by atoms with Gasteiger partial charge in [-0.25, -0.2) is 0 Å². The number of rotatable bonds is 6. The van der Waals surface area contributed by atoms with Gasteiger partial charge in [-0.3, -0.25) is 4.79 Å². The summed E-state index contributed by atoms with van der Waals surface area (Å²) < 4.78 is 1.04. The van der Waals surface area contributed by atoms with Crippen LogP contribution in [-0.4, -0.2) is 18.4 Å². The van der Waals surface area contributed by atoms with Crippen molar-refractivity contribution in [1.82, 2.24) is 5.32 Å². The van der Waals surface area contributed by atoms with Crippen molar-refractivity contribution in [2.75, 3.05) is 6.54 Å². The number of Topliss-reactive ketones (excluding diaryl/α,β-unsaturated/α-hetero) is 1. The second-order valence-corrected chi connectivity index (χ2v) is 6.14. The molecule has 0 heterocycles. The Kier molecular flexibility index (Phi) is 6.03. The summed E-state index contributed by atoms with van der Waals surface area (Å²) in [6, 6.07) is 8.42. The van der Waals surface area contributed by atoms with E-state index >= 15 is 0 Å². The van der Waals surface area contributed by atoms with Gasteiger partial charge >= 0.3 is 0 Å². The number of carbonyl (C=O) groups is 1. The van der Waals surface area contributed by atoms with Crippen LogP contribution >= 0.6 is 15.9 Å². The van der Waals surface area contributed by atoms with Crippen LogP contribution < -0.4 is 5.32 Å². The van der Waals surface area contributed by atoms with E-state index < -0.39 is 0 Å². The summed E-state index contributed by atoms with van der Waals surface area (Å²) in [5.74, 6) is 0.304. The minimum absolute atomic E-state index is 0.0551. The lowest BCUT2D eigenvalue weighted by Crippen LogP contribution is -2.33. The van der Waals surface area contributed by atoms with Crippen LogP contribution in [0.5, 0.6) is 0 Å². The Balaban J connectivity index is 2.89. The van der Waals surface area contributed by atoms with E-state index in [4.69, 9.17) is 0 Å². The molecule has 1 atom stereocenters. The lowest BCUT2D eigenvalue weighted by atomic mass is 9.88. The summed E-state index contributed by atoms with van der Waals surface area (Å²) in [5.41, 5.74) is 1.09. The molecule has 0 aliphatic heterocycles. The van der Waals surface area contributed by atoms with Gasteiger partial charge in [-0.2, -0.15) is 0 Å². The van der Waals surface area contributed by atoms with Crippen molar-refractivity contribution in [3.05, 3.63) is 34.3 Å². The van der Waals surface area contributed by atoms with Crippen molar-refractivity contribution in [1.29, 1.82) is 0 Å². The Morgan fingerprint density at radius 3 is 2.17 bits per heavy atom. The van der Waals surface area contributed by atoms with Gasteiger partial charge in [-0.05, 0) is 17.7 Å². The van der Waals surface area contributed by atoms with Gasteiger partial charge in [-0.1, -0.05) is 55.8 Å². The summed E-state index contributed by atoms with van der Waals surface area (Å²) in [6.07, 6.45) is 0. The monoisotopic (exact) mass is 311 g/mol. The summed E-state index contributed by atoms with van der Waals surface area (Å²) in [7, 11) is 0. The maximum atomic E-state index is 12.3. The SMILES string of the molecule is CC(C)NC[C@H](C(=O)C(C)C)c1ccc(Br)cc1. The summed E-state index contributed by atoms with van der Waals surface area (Å²) in [5, 5.41) is 3.36. The van der Waals surface area contributed by atoms with Gasteiger partial charge in [0, 0.05) is 23.0 Å². The zero-order chi connectivity index (χ0) is 13.7. The fraction of sp³-hybridized carbons (Fsp3) is 0.533. The highest BCUT2D eigenvalue weighted by Gasteiger charge is 2.22. The van der Waals surface area contributed by atoms with Gasteiger partial charge in [0.25, 0.3) is 0 Å². The molecule has 2 nitrogen and oxygen atoms in total. The van der Waals surface area contributed by atoms with E-state index in [1.54, 1.807) is 0 Å². The average molecular weight is 312 g/mol. The van der Waals surface area contributed by atoms with Crippen LogP contribution in [0.2, 0.25) is 0 Å². The van der Waals surface area contributed by atoms with Crippen LogP contribution in [0.1, 0.15) is 39.2 Å². The van der Waals surface area contributed by atoms with Gasteiger partial charge in [0.05, 0.1) is 5.92 Å². The maximum Gasteiger partial charge on any atom is 0.144 e. The fourth-order valence-corrected chi connectivity index (χ4v) is 2.10. The van der Waals surface area contributed by atoms with Gasteiger partial charge in [0.1, 0.15) is 5.78 Å². The minimum atomic E-state index is -0.0551. The van der Waals surface area contributed by atoms with E-state index in [0.717, 1.165) is 10.0 Å². The highest BCUT2D eigenvalue weighted by atomic mass is 79.9. The fourth-order valence-electron chi connectivity index (χ4n) is 1.83. The van der Waals surface area contributed by atoms with Crippen molar-refractivity contribution in [2.45, 2.75) is 39.7 Å². The minimum Gasteiger partial charge on any atom is -0.313 e. The molecule has 0 bridgehead atoms. The lowest BCUT2D eigenvalue weighted by Gasteiger charge is -2.20. The summed E-state index contributed by atoms with van der Waals surface area (Å²) in [4.78, 5) is 12.3. The van der Waals surface area contributed by atoms with Crippen LogP contribution in [0.25, 0.3) is 0 Å². The van der Waals surface area contributed by atoms with Gasteiger partial charge in [0.15, 0.2) is 0 Å². The van der Waals surface area contributed by atoms with Crippen LogP contribution in [-0.2, 0) is 4.79 Å². The predicted octanol–water partition coefficient (Wildman–Crippen LogP) is 3.76. The molecule has 0 aliphatic rings. The number of hydrogen-bond acceptors (Lipinski definition) is 2. The van der Waals surface area contributed by atoms with Crippen molar-refractivity contribution in [2.24, 2.45) is 5.92 Å². The number of hydrogen-bond donors (Lipinski definition) is 1. The van der Waals surface area contributed by atoms with E-state index in [9.17, 15) is 4.79 Å². The number of benzene rings is 1. The zero-order valence-electron chi connectivity index (χ0n) is 11.5. The molecular formula is C15H22BrNO. The third-order valence-electron chi connectivity index (χ3n) is 2.92. The molecule has 1 N–H and O–H groups in total. The molecule has 1 aromatic carbocycles. The molecule has 3 heteroatoms. The Hall–Kier alpha value is -0.670. The average Bonchev–Trinajstić information content (AvgIpc) is 2.30. The number of nitrogens with one attached hydrogen (secondary N) is 1. The quantitative estimate of drug-likeness (QED) is 0.866. The molecule has 0 spiro atoms. The molecule has 0 saturated carbocycles. The second-order valence-electron chi connectivity index (χ2n) is 5.22. The van der Waals surface area contributed by atoms with Crippen molar-refractivity contribution < 1.29 is 4.79 Å². The van der Waals surface area contributed by atoms with E-state index in [-0.39, 0.29) is 11.8 Å². The van der Waals surface area contributed by atoms with Crippen LogP contribution in [0.3, 0.4) is 0 Å². The molecule has 0 fully saturated rings. The Bertz CT molecular complexity index is 384. The molecule has 0 aliphatic carbocycles. The molecular weight excluding hydrogens is 290 g/mol. The molecule has 1 rings (SSSR count). The first-order valence-corrected chi connectivity index (χ1v) is 7.23. The number of halogens is 1. The first kappa shape index (κ1) is 15.4. The van der Waals surface area contributed by atoms with Gasteiger partial charge < -0.3 is 5.32 Å². The third kappa shape index (κ3) is 4.54. The Morgan fingerprint density at radius 1 is 1.17 bits per heavy atom. The van der Waals surface area contributed by atoms with Crippen LogP contribution in [0.4, 0.5) is 0 Å². The Labute approximate surface area is 118 Å². The molecule has 18 heavy (non-hydrogen) atoms. The first-order chi connectivity index (χ1) is 8.41. The number of carbonyl (C=O) groups excluding carboxylic acids is 1.